The van der Waals surface area contributed by atoms with Crippen molar-refractivity contribution in [3.05, 3.63) is 56.4 Å². The monoisotopic (exact) mass is 303 g/mol. The van der Waals surface area contributed by atoms with Gasteiger partial charge in [0.15, 0.2) is 5.83 Å². The topological polar surface area (TPSA) is 80.4 Å². The minimum absolute atomic E-state index is 0.0950. The number of halogens is 2. The zero-order valence-corrected chi connectivity index (χ0v) is 10.9. The maximum atomic E-state index is 13.5. The summed E-state index contributed by atoms with van der Waals surface area (Å²) in [6.45, 7) is 0. The van der Waals surface area contributed by atoms with Gasteiger partial charge in [-0.1, -0.05) is 18.2 Å². The molecule has 1 unspecified atom stereocenters. The van der Waals surface area contributed by atoms with Crippen molar-refractivity contribution in [2.45, 2.75) is 10.6 Å². The number of rotatable bonds is 3. The van der Waals surface area contributed by atoms with Gasteiger partial charge in [0.05, 0.1) is 10.5 Å². The van der Waals surface area contributed by atoms with Gasteiger partial charge in [-0.2, -0.15) is 0 Å². The summed E-state index contributed by atoms with van der Waals surface area (Å²) in [5.41, 5.74) is 0.0589. The summed E-state index contributed by atoms with van der Waals surface area (Å²) < 4.78 is 12.0. The molecule has 100 valence electrons. The minimum atomic E-state index is -1.50. The first-order chi connectivity index (χ1) is 8.85. The smallest absolute Gasteiger partial charge is 0.336 e. The predicted molar refractivity (Wildman–Crippen MR) is 68.3 cm³/mol. The van der Waals surface area contributed by atoms with E-state index < -0.39 is 32.4 Å². The average molecular weight is 304 g/mol. The summed E-state index contributed by atoms with van der Waals surface area (Å²) in [7, 11) is 0. The first kappa shape index (κ1) is 13.8. The fourth-order valence-electron chi connectivity index (χ4n) is 1.80. The summed E-state index contributed by atoms with van der Waals surface area (Å²) in [6, 6.07) is 5.81. The molecule has 0 aromatic heterocycles. The number of benzene rings is 1. The Labute approximate surface area is 116 Å². The molecule has 8 heteroatoms. The molecule has 0 aliphatic carbocycles. The number of carbonyl (C=O) groups is 1. The van der Waals surface area contributed by atoms with Crippen LogP contribution in [0.15, 0.2) is 35.1 Å². The SMILES string of the molecule is O=C(O)c1ccccc1C1(Cl)CC(F)=C([N+](=O)[O-])S1. The van der Waals surface area contributed by atoms with Gasteiger partial charge < -0.3 is 5.11 Å². The molecular formula is C11H7ClFNO4S. The second-order valence-corrected chi connectivity index (χ2v) is 5.98. The van der Waals surface area contributed by atoms with Crippen molar-refractivity contribution in [2.24, 2.45) is 0 Å². The maximum Gasteiger partial charge on any atom is 0.336 e. The summed E-state index contributed by atoms with van der Waals surface area (Å²) in [4.78, 5) is 20.9. The molecule has 1 aliphatic rings. The molecule has 0 radical (unpaired) electrons. The molecule has 0 fully saturated rings. The van der Waals surface area contributed by atoms with Crippen LogP contribution >= 0.6 is 23.4 Å². The van der Waals surface area contributed by atoms with E-state index in [1.807, 2.05) is 0 Å². The summed E-state index contributed by atoms with van der Waals surface area (Å²) in [5, 5.41) is 19.1. The van der Waals surface area contributed by atoms with Gasteiger partial charge in [0.1, 0.15) is 4.21 Å². The molecule has 2 rings (SSSR count). The second-order valence-electron chi connectivity index (χ2n) is 3.83. The molecule has 0 spiro atoms. The lowest BCUT2D eigenvalue weighted by atomic mass is 10.0. The molecule has 0 saturated carbocycles. The van der Waals surface area contributed by atoms with E-state index in [1.165, 1.54) is 18.2 Å². The number of carboxylic acids is 1. The Kier molecular flexibility index (Phi) is 3.51. The van der Waals surface area contributed by atoms with E-state index in [-0.39, 0.29) is 11.1 Å². The Balaban J connectivity index is 2.45. The zero-order chi connectivity index (χ0) is 14.2. The van der Waals surface area contributed by atoms with Crippen LogP contribution in [-0.2, 0) is 4.21 Å². The standard InChI is InChI=1S/C11H7ClFNO4S/c12-11(5-8(13)9(19-11)14(17)18)7-4-2-1-3-6(7)10(15)16/h1-4H,5H2,(H,15,16). The van der Waals surface area contributed by atoms with Crippen molar-refractivity contribution < 1.29 is 19.2 Å². The number of alkyl halides is 1. The molecule has 1 atom stereocenters. The predicted octanol–water partition coefficient (Wildman–Crippen LogP) is 3.33. The molecule has 5 nitrogen and oxygen atoms in total. The van der Waals surface area contributed by atoms with Gasteiger partial charge in [-0.15, -0.1) is 11.6 Å². The van der Waals surface area contributed by atoms with Gasteiger partial charge in [0.25, 0.3) is 0 Å². The molecular weight excluding hydrogens is 297 g/mol. The third-order valence-corrected chi connectivity index (χ3v) is 4.42. The van der Waals surface area contributed by atoms with E-state index >= 15 is 0 Å². The van der Waals surface area contributed by atoms with Gasteiger partial charge in [0, 0.05) is 6.42 Å². The Morgan fingerprint density at radius 2 is 2.16 bits per heavy atom. The molecule has 1 N–H and O–H groups in total. The quantitative estimate of drug-likeness (QED) is 0.526. The summed E-state index contributed by atoms with van der Waals surface area (Å²) in [5.74, 6) is -2.16. The van der Waals surface area contributed by atoms with Gasteiger partial charge in [-0.3, -0.25) is 10.1 Å². The fraction of sp³-hybridized carbons (Fsp3) is 0.182. The second kappa shape index (κ2) is 4.82. The van der Waals surface area contributed by atoms with Crippen LogP contribution in [0.4, 0.5) is 4.39 Å². The van der Waals surface area contributed by atoms with Crippen molar-refractivity contribution in [3.63, 3.8) is 0 Å². The third kappa shape index (κ3) is 2.43. The lowest BCUT2D eigenvalue weighted by molar-refractivity contribution is -0.412. The van der Waals surface area contributed by atoms with Gasteiger partial charge in [0.2, 0.25) is 0 Å². The van der Waals surface area contributed by atoms with Crippen molar-refractivity contribution in [2.75, 3.05) is 0 Å². The van der Waals surface area contributed by atoms with Crippen LogP contribution in [-0.4, -0.2) is 16.0 Å². The van der Waals surface area contributed by atoms with E-state index in [4.69, 9.17) is 16.7 Å². The van der Waals surface area contributed by atoms with E-state index in [2.05, 4.69) is 0 Å². The van der Waals surface area contributed by atoms with E-state index in [0.29, 0.717) is 11.8 Å². The van der Waals surface area contributed by atoms with Crippen LogP contribution in [0.2, 0.25) is 0 Å². The lowest BCUT2D eigenvalue weighted by Crippen LogP contribution is -2.16. The molecule has 0 bridgehead atoms. The molecule has 19 heavy (non-hydrogen) atoms. The Morgan fingerprint density at radius 3 is 2.68 bits per heavy atom. The first-order valence-electron chi connectivity index (χ1n) is 5.09. The number of nitro groups is 1. The van der Waals surface area contributed by atoms with Crippen LogP contribution in [0.25, 0.3) is 0 Å². The lowest BCUT2D eigenvalue weighted by Gasteiger charge is -2.21. The van der Waals surface area contributed by atoms with Crippen molar-refractivity contribution in [1.82, 2.24) is 0 Å². The van der Waals surface area contributed by atoms with E-state index in [9.17, 15) is 19.3 Å². The number of hydrogen-bond donors (Lipinski definition) is 1. The zero-order valence-electron chi connectivity index (χ0n) is 9.30. The minimum Gasteiger partial charge on any atom is -0.478 e. The van der Waals surface area contributed by atoms with Gasteiger partial charge >= 0.3 is 11.0 Å². The molecule has 1 aliphatic heterocycles. The highest BCUT2D eigenvalue weighted by molar-refractivity contribution is 8.05. The molecule has 1 aromatic carbocycles. The summed E-state index contributed by atoms with van der Waals surface area (Å²) >= 11 is 6.71. The van der Waals surface area contributed by atoms with Gasteiger partial charge in [-0.25, -0.2) is 9.18 Å². The number of thioether (sulfide) groups is 1. The Bertz CT molecular complexity index is 606. The molecule has 1 aromatic rings. The fourth-order valence-corrected chi connectivity index (χ4v) is 3.35. The normalized spacial score (nSPS) is 22.6. The number of hydrogen-bond acceptors (Lipinski definition) is 4. The first-order valence-corrected chi connectivity index (χ1v) is 6.28. The average Bonchev–Trinajstić information content (AvgIpc) is 2.66. The van der Waals surface area contributed by atoms with Crippen LogP contribution in [0, 0.1) is 10.1 Å². The summed E-state index contributed by atoms with van der Waals surface area (Å²) in [6.07, 6.45) is -0.417. The van der Waals surface area contributed by atoms with Crippen LogP contribution in [0.5, 0.6) is 0 Å². The van der Waals surface area contributed by atoms with Crippen LogP contribution in [0.3, 0.4) is 0 Å². The third-order valence-electron chi connectivity index (χ3n) is 2.60. The maximum absolute atomic E-state index is 13.5. The van der Waals surface area contributed by atoms with Crippen molar-refractivity contribution in [1.29, 1.82) is 0 Å². The molecule has 0 amide bonds. The highest BCUT2D eigenvalue weighted by Crippen LogP contribution is 2.56. The van der Waals surface area contributed by atoms with Crippen molar-refractivity contribution >= 4 is 29.3 Å². The van der Waals surface area contributed by atoms with Crippen molar-refractivity contribution in [3.8, 4) is 0 Å². The Hall–Kier alpha value is -1.60. The van der Waals surface area contributed by atoms with E-state index in [1.54, 1.807) is 6.07 Å². The molecule has 0 saturated heterocycles. The van der Waals surface area contributed by atoms with Crippen LogP contribution < -0.4 is 0 Å². The number of aromatic carboxylic acids is 1. The molecule has 1 heterocycles. The largest absolute Gasteiger partial charge is 0.478 e. The Morgan fingerprint density at radius 1 is 1.53 bits per heavy atom. The number of allylic oxidation sites excluding steroid dienone is 1. The van der Waals surface area contributed by atoms with E-state index in [0.717, 1.165) is 0 Å². The van der Waals surface area contributed by atoms with Crippen LogP contribution in [0.1, 0.15) is 22.3 Å². The van der Waals surface area contributed by atoms with Gasteiger partial charge in [-0.05, 0) is 23.4 Å². The number of carboxylic acid groups (broad SMARTS) is 1. The highest BCUT2D eigenvalue weighted by Gasteiger charge is 2.47. The number of nitrogens with zero attached hydrogens (tertiary/aromatic N) is 1. The highest BCUT2D eigenvalue weighted by atomic mass is 35.5.